The van der Waals surface area contributed by atoms with Gasteiger partial charge in [-0.3, -0.25) is 5.32 Å². The van der Waals surface area contributed by atoms with E-state index in [2.05, 4.69) is 22.9 Å². The molecule has 0 unspecified atom stereocenters. The van der Waals surface area contributed by atoms with E-state index in [0.29, 0.717) is 6.61 Å². The van der Waals surface area contributed by atoms with E-state index in [0.717, 1.165) is 42.9 Å². The number of anilines is 1. The Labute approximate surface area is 118 Å². The molecule has 5 nitrogen and oxygen atoms in total. The van der Waals surface area contributed by atoms with Crippen molar-refractivity contribution in [3.63, 3.8) is 0 Å². The summed E-state index contributed by atoms with van der Waals surface area (Å²) in [6.07, 6.45) is 1.95. The second kappa shape index (κ2) is 5.53. The molecule has 0 radical (unpaired) electrons. The van der Waals surface area contributed by atoms with Crippen LogP contribution < -0.4 is 9.88 Å². The van der Waals surface area contributed by atoms with Crippen LogP contribution in [0.4, 0.5) is 5.95 Å². The van der Waals surface area contributed by atoms with Gasteiger partial charge in [0.1, 0.15) is 17.6 Å². The Balaban J connectivity index is 1.86. The Bertz CT molecular complexity index is 633. The summed E-state index contributed by atoms with van der Waals surface area (Å²) in [6.45, 7) is 4.70. The summed E-state index contributed by atoms with van der Waals surface area (Å²) in [5.41, 5.74) is 2.23. The van der Waals surface area contributed by atoms with Crippen molar-refractivity contribution in [1.82, 2.24) is 4.57 Å². The van der Waals surface area contributed by atoms with Gasteiger partial charge in [0.25, 0.3) is 0 Å². The summed E-state index contributed by atoms with van der Waals surface area (Å²) in [7, 11) is 0. The van der Waals surface area contributed by atoms with Crippen LogP contribution in [0.15, 0.2) is 24.3 Å². The Morgan fingerprint density at radius 1 is 1.45 bits per heavy atom. The Morgan fingerprint density at radius 2 is 2.30 bits per heavy atom. The van der Waals surface area contributed by atoms with Crippen molar-refractivity contribution in [2.45, 2.75) is 32.9 Å². The molecule has 2 heterocycles. The molecule has 0 bridgehead atoms. The van der Waals surface area contributed by atoms with Gasteiger partial charge in [-0.1, -0.05) is 25.5 Å². The van der Waals surface area contributed by atoms with E-state index >= 15 is 0 Å². The van der Waals surface area contributed by atoms with Gasteiger partial charge in [0, 0.05) is 0 Å². The molecule has 2 aromatic rings. The third-order valence-electron chi connectivity index (χ3n) is 3.64. The number of fused-ring (bicyclic) bond motifs is 3. The van der Waals surface area contributed by atoms with Crippen molar-refractivity contribution in [3.8, 4) is 0 Å². The highest BCUT2D eigenvalue weighted by atomic mass is 16.5. The summed E-state index contributed by atoms with van der Waals surface area (Å²) in [6, 6.07) is 8.15. The highest BCUT2D eigenvalue weighted by Crippen LogP contribution is 2.20. The quantitative estimate of drug-likeness (QED) is 0.513. The Morgan fingerprint density at radius 3 is 3.15 bits per heavy atom. The van der Waals surface area contributed by atoms with Crippen LogP contribution in [0, 0.1) is 0 Å². The number of hydrogen-bond donors (Lipinski definition) is 1. The van der Waals surface area contributed by atoms with Crippen molar-refractivity contribution < 1.29 is 14.1 Å². The SMILES string of the molecule is CCCCOC(=O)Cn1c2[n+](c3ccccc31)CCN2. The van der Waals surface area contributed by atoms with Crippen LogP contribution in [0.3, 0.4) is 0 Å². The molecule has 1 aliphatic rings. The van der Waals surface area contributed by atoms with Crippen LogP contribution in [0.2, 0.25) is 0 Å². The summed E-state index contributed by atoms with van der Waals surface area (Å²) in [4.78, 5) is 11.9. The largest absolute Gasteiger partial charge is 0.463 e. The zero-order chi connectivity index (χ0) is 13.9. The highest BCUT2D eigenvalue weighted by molar-refractivity contribution is 5.78. The first kappa shape index (κ1) is 13.0. The van der Waals surface area contributed by atoms with E-state index in [9.17, 15) is 4.79 Å². The summed E-state index contributed by atoms with van der Waals surface area (Å²) < 4.78 is 9.50. The fraction of sp³-hybridized carbons (Fsp3) is 0.467. The lowest BCUT2D eigenvalue weighted by molar-refractivity contribution is -0.644. The third-order valence-corrected chi connectivity index (χ3v) is 3.64. The molecule has 0 atom stereocenters. The number of para-hydroxylation sites is 2. The topological polar surface area (TPSA) is 47.1 Å². The van der Waals surface area contributed by atoms with E-state index in [4.69, 9.17) is 4.74 Å². The van der Waals surface area contributed by atoms with Gasteiger partial charge >= 0.3 is 11.9 Å². The van der Waals surface area contributed by atoms with Crippen molar-refractivity contribution in [1.29, 1.82) is 0 Å². The summed E-state index contributed by atoms with van der Waals surface area (Å²) in [5, 5.41) is 3.35. The maximum Gasteiger partial charge on any atom is 0.359 e. The predicted octanol–water partition coefficient (Wildman–Crippen LogP) is 1.70. The number of nitrogens with one attached hydrogen (secondary N) is 1. The lowest BCUT2D eigenvalue weighted by atomic mass is 10.3. The molecule has 0 saturated carbocycles. The molecule has 106 valence electrons. The van der Waals surface area contributed by atoms with Crippen LogP contribution in [0.5, 0.6) is 0 Å². The van der Waals surface area contributed by atoms with E-state index in [1.807, 2.05) is 22.8 Å². The number of carbonyl (C=O) groups excluding carboxylic acids is 1. The monoisotopic (exact) mass is 274 g/mol. The minimum atomic E-state index is -0.170. The average molecular weight is 274 g/mol. The van der Waals surface area contributed by atoms with Crippen LogP contribution in [0.1, 0.15) is 19.8 Å². The molecule has 0 fully saturated rings. The number of carbonyl (C=O) groups is 1. The number of ether oxygens (including phenoxy) is 1. The fourth-order valence-electron chi connectivity index (χ4n) is 2.66. The maximum absolute atomic E-state index is 11.9. The second-order valence-corrected chi connectivity index (χ2v) is 5.05. The third kappa shape index (κ3) is 2.24. The van der Waals surface area contributed by atoms with E-state index in [1.165, 1.54) is 0 Å². The average Bonchev–Trinajstić information content (AvgIpc) is 3.03. The number of rotatable bonds is 5. The van der Waals surface area contributed by atoms with Crippen LogP contribution in [-0.2, 0) is 22.6 Å². The first-order valence-electron chi connectivity index (χ1n) is 7.22. The van der Waals surface area contributed by atoms with Gasteiger partial charge in [0.15, 0.2) is 6.54 Å². The lowest BCUT2D eigenvalue weighted by Gasteiger charge is -2.04. The lowest BCUT2D eigenvalue weighted by Crippen LogP contribution is -2.29. The zero-order valence-electron chi connectivity index (χ0n) is 11.8. The number of hydrogen-bond acceptors (Lipinski definition) is 3. The number of esters is 1. The number of unbranched alkanes of at least 4 members (excludes halogenated alkanes) is 1. The molecule has 0 spiro atoms. The molecule has 1 N–H and O–H groups in total. The van der Waals surface area contributed by atoms with Crippen molar-refractivity contribution in [2.75, 3.05) is 18.5 Å². The summed E-state index contributed by atoms with van der Waals surface area (Å²) >= 11 is 0. The van der Waals surface area contributed by atoms with Gasteiger partial charge < -0.3 is 4.74 Å². The Kier molecular flexibility index (Phi) is 3.58. The van der Waals surface area contributed by atoms with Crippen molar-refractivity contribution in [3.05, 3.63) is 24.3 Å². The molecule has 5 heteroatoms. The molecule has 0 saturated heterocycles. The zero-order valence-corrected chi connectivity index (χ0v) is 11.8. The molecule has 1 aromatic heterocycles. The van der Waals surface area contributed by atoms with E-state index in [1.54, 1.807) is 0 Å². The van der Waals surface area contributed by atoms with E-state index < -0.39 is 0 Å². The maximum atomic E-state index is 11.9. The van der Waals surface area contributed by atoms with Gasteiger partial charge in [0.2, 0.25) is 0 Å². The van der Waals surface area contributed by atoms with Crippen LogP contribution >= 0.6 is 0 Å². The van der Waals surface area contributed by atoms with Gasteiger partial charge in [-0.05, 0) is 18.6 Å². The first-order valence-corrected chi connectivity index (χ1v) is 7.22. The highest BCUT2D eigenvalue weighted by Gasteiger charge is 2.29. The van der Waals surface area contributed by atoms with E-state index in [-0.39, 0.29) is 12.5 Å². The predicted molar refractivity (Wildman–Crippen MR) is 76.5 cm³/mol. The second-order valence-electron chi connectivity index (χ2n) is 5.05. The number of imidazole rings is 1. The van der Waals surface area contributed by atoms with Gasteiger partial charge in [-0.2, -0.15) is 0 Å². The summed E-state index contributed by atoms with van der Waals surface area (Å²) in [5.74, 6) is 0.829. The normalized spacial score (nSPS) is 13.2. The fourth-order valence-corrected chi connectivity index (χ4v) is 2.66. The molecule has 0 aliphatic carbocycles. The molecular formula is C15H20N3O2+. The first-order chi connectivity index (χ1) is 9.81. The molecular weight excluding hydrogens is 254 g/mol. The molecule has 1 aromatic carbocycles. The number of aromatic nitrogens is 2. The standard InChI is InChI=1S/C15H19N3O2/c1-2-3-10-20-14(19)11-18-13-7-5-4-6-12(13)17-9-8-16-15(17)18/h4-7H,2-3,8-11H2,1H3/p+1. The Hall–Kier alpha value is -2.04. The minimum Gasteiger partial charge on any atom is -0.463 e. The number of benzene rings is 1. The van der Waals surface area contributed by atoms with Crippen molar-refractivity contribution >= 4 is 23.0 Å². The van der Waals surface area contributed by atoms with Gasteiger partial charge in [0.05, 0.1) is 13.2 Å². The molecule has 3 rings (SSSR count). The molecule has 0 amide bonds. The van der Waals surface area contributed by atoms with Crippen LogP contribution in [0.25, 0.3) is 11.0 Å². The van der Waals surface area contributed by atoms with Crippen LogP contribution in [-0.4, -0.2) is 23.7 Å². The number of nitrogens with zero attached hydrogens (tertiary/aromatic N) is 2. The van der Waals surface area contributed by atoms with Gasteiger partial charge in [-0.25, -0.2) is 13.9 Å². The van der Waals surface area contributed by atoms with Gasteiger partial charge in [-0.15, -0.1) is 0 Å². The molecule has 1 aliphatic heterocycles. The smallest absolute Gasteiger partial charge is 0.359 e. The molecule has 20 heavy (non-hydrogen) atoms. The minimum absolute atomic E-state index is 0.170. The van der Waals surface area contributed by atoms with Crippen molar-refractivity contribution in [2.24, 2.45) is 0 Å².